The average molecular weight is 341 g/mol. The number of allylic oxidation sites excluding steroid dienone is 8. The smallest absolute Gasteiger partial charge is 0.00736 e. The molecule has 0 saturated carbocycles. The molecule has 0 unspecified atom stereocenters. The second-order valence-electron chi connectivity index (χ2n) is 3.93. The zero-order valence-electron chi connectivity index (χ0n) is 17.4. The molecule has 0 aromatic heterocycles. The summed E-state index contributed by atoms with van der Waals surface area (Å²) in [6.07, 6.45) is 18.7. The molecule has 0 heterocycles. The summed E-state index contributed by atoms with van der Waals surface area (Å²) in [6.45, 7) is 14.4. The van der Waals surface area contributed by atoms with Crippen LogP contribution in [0.3, 0.4) is 0 Å². The monoisotopic (exact) mass is 340 g/mol. The molecular formula is C20H44N4. The minimum atomic E-state index is 1.05. The molecule has 4 N–H and O–H groups in total. The van der Waals surface area contributed by atoms with E-state index in [0.717, 1.165) is 25.9 Å². The van der Waals surface area contributed by atoms with Crippen molar-refractivity contribution in [1.82, 2.24) is 10.6 Å². The summed E-state index contributed by atoms with van der Waals surface area (Å²) in [5.74, 6) is 0. The molecule has 0 aromatic carbocycles. The fourth-order valence-electron chi connectivity index (χ4n) is 0.902. The third kappa shape index (κ3) is 86.5. The Balaban J connectivity index is -0.0000000681. The van der Waals surface area contributed by atoms with Crippen molar-refractivity contribution >= 4 is 0 Å². The molecule has 0 bridgehead atoms. The SMILES string of the molecule is C/C=C\C=C/CC.C/C=C\C=C/CC.CC.CNCCNC.N=N. The minimum Gasteiger partial charge on any atom is -0.318 e. The maximum Gasteiger partial charge on any atom is 0.00736 e. The first-order valence-corrected chi connectivity index (χ1v) is 8.84. The Labute approximate surface area is 152 Å². The van der Waals surface area contributed by atoms with Crippen LogP contribution in [0.2, 0.25) is 0 Å². The van der Waals surface area contributed by atoms with Crippen LogP contribution < -0.4 is 10.6 Å². The van der Waals surface area contributed by atoms with Gasteiger partial charge < -0.3 is 10.6 Å². The molecule has 4 heteroatoms. The van der Waals surface area contributed by atoms with Gasteiger partial charge in [-0.25, -0.2) is 11.1 Å². The van der Waals surface area contributed by atoms with Crippen molar-refractivity contribution in [3.8, 4) is 0 Å². The first-order chi connectivity index (χ1) is 11.7. The van der Waals surface area contributed by atoms with Crippen LogP contribution in [0.15, 0.2) is 48.6 Å². The predicted molar refractivity (Wildman–Crippen MR) is 113 cm³/mol. The lowest BCUT2D eigenvalue weighted by Crippen LogP contribution is -2.21. The second kappa shape index (κ2) is 57.8. The first kappa shape index (κ1) is 33.9. The van der Waals surface area contributed by atoms with Gasteiger partial charge in [0, 0.05) is 13.1 Å². The number of rotatable bonds is 7. The van der Waals surface area contributed by atoms with Crippen LogP contribution in [-0.4, -0.2) is 27.2 Å². The highest BCUT2D eigenvalue weighted by Crippen LogP contribution is 1.80. The molecule has 0 spiro atoms. The van der Waals surface area contributed by atoms with Gasteiger partial charge in [0.05, 0.1) is 0 Å². The molecule has 0 radical (unpaired) electrons. The van der Waals surface area contributed by atoms with E-state index in [1.165, 1.54) is 0 Å². The fourth-order valence-corrected chi connectivity index (χ4v) is 0.902. The summed E-state index contributed by atoms with van der Waals surface area (Å²) in [6, 6.07) is 0. The third-order valence-electron chi connectivity index (χ3n) is 1.98. The van der Waals surface area contributed by atoms with Crippen molar-refractivity contribution in [2.75, 3.05) is 27.2 Å². The van der Waals surface area contributed by atoms with Gasteiger partial charge in [-0.2, -0.15) is 0 Å². The number of hydrogen-bond acceptors (Lipinski definition) is 4. The Kier molecular flexibility index (Phi) is 81.8. The first-order valence-electron chi connectivity index (χ1n) is 8.84. The maximum absolute atomic E-state index is 5.00. The normalized spacial score (nSPS) is 9.50. The topological polar surface area (TPSA) is 71.8 Å². The van der Waals surface area contributed by atoms with Crippen molar-refractivity contribution in [1.29, 1.82) is 11.1 Å². The van der Waals surface area contributed by atoms with E-state index in [2.05, 4.69) is 48.8 Å². The van der Waals surface area contributed by atoms with E-state index < -0.39 is 0 Å². The average Bonchev–Trinajstić information content (AvgIpc) is 2.65. The van der Waals surface area contributed by atoms with Crippen molar-refractivity contribution in [3.63, 3.8) is 0 Å². The predicted octanol–water partition coefficient (Wildman–Crippen LogP) is 6.10. The summed E-state index contributed by atoms with van der Waals surface area (Å²) in [7, 11) is 3.88. The van der Waals surface area contributed by atoms with Crippen LogP contribution in [0.5, 0.6) is 0 Å². The van der Waals surface area contributed by atoms with Gasteiger partial charge in [-0.3, -0.25) is 0 Å². The van der Waals surface area contributed by atoms with E-state index in [1.807, 2.05) is 66.1 Å². The molecular weight excluding hydrogens is 296 g/mol. The highest BCUT2D eigenvalue weighted by Gasteiger charge is 1.71. The number of likely N-dealkylation sites (N-methyl/N-ethyl adjacent to an activating group) is 2. The van der Waals surface area contributed by atoms with Crippen molar-refractivity contribution in [2.45, 2.75) is 54.4 Å². The van der Waals surface area contributed by atoms with Gasteiger partial charge >= 0.3 is 0 Å². The van der Waals surface area contributed by atoms with E-state index in [0.29, 0.717) is 0 Å². The van der Waals surface area contributed by atoms with E-state index in [4.69, 9.17) is 11.1 Å². The summed E-state index contributed by atoms with van der Waals surface area (Å²) in [5.41, 5.74) is 10.0. The summed E-state index contributed by atoms with van der Waals surface area (Å²) < 4.78 is 0. The Hall–Kier alpha value is -1.52. The minimum absolute atomic E-state index is 1.05. The fraction of sp³-hybridized carbons (Fsp3) is 0.600. The molecule has 0 aliphatic rings. The van der Waals surface area contributed by atoms with Gasteiger partial charge in [-0.1, -0.05) is 76.3 Å². The Morgan fingerprint density at radius 2 is 0.958 bits per heavy atom. The highest BCUT2D eigenvalue weighted by molar-refractivity contribution is 5.00. The Bertz CT molecular complexity index is 230. The number of hydrogen-bond donors (Lipinski definition) is 4. The molecule has 0 saturated heterocycles. The molecule has 0 atom stereocenters. The van der Waals surface area contributed by atoms with Crippen LogP contribution in [0.1, 0.15) is 54.4 Å². The van der Waals surface area contributed by atoms with Crippen molar-refractivity contribution in [3.05, 3.63) is 48.6 Å². The molecule has 144 valence electrons. The number of nitrogens with one attached hydrogen (secondary N) is 4. The lowest BCUT2D eigenvalue weighted by Gasteiger charge is -1.92. The van der Waals surface area contributed by atoms with Crippen LogP contribution >= 0.6 is 0 Å². The molecule has 0 amide bonds. The van der Waals surface area contributed by atoms with Gasteiger partial charge in [-0.05, 0) is 40.8 Å². The molecule has 24 heavy (non-hydrogen) atoms. The van der Waals surface area contributed by atoms with E-state index >= 15 is 0 Å². The summed E-state index contributed by atoms with van der Waals surface area (Å²) in [5, 5.41) is 6.01. The molecule has 4 nitrogen and oxygen atoms in total. The quantitative estimate of drug-likeness (QED) is 0.257. The zero-order valence-corrected chi connectivity index (χ0v) is 17.4. The lowest BCUT2D eigenvalue weighted by atomic mass is 10.4. The third-order valence-corrected chi connectivity index (χ3v) is 1.98. The Morgan fingerprint density at radius 3 is 1.12 bits per heavy atom. The standard InChI is InChI=1S/2C7H12.C4H12N2.C2H6.H2N2/c2*1-3-5-7-6-4-2;1-5-3-4-6-2;2*1-2/h2*3,5-7H,4H2,1-2H3;5-6H,3-4H2,1-2H3;1-2H3;1-2H/b2*5-3-,7-6-;;;. The highest BCUT2D eigenvalue weighted by atomic mass is 14.9. The molecule has 0 rings (SSSR count). The van der Waals surface area contributed by atoms with Crippen molar-refractivity contribution in [2.24, 2.45) is 0 Å². The van der Waals surface area contributed by atoms with Gasteiger partial charge in [0.2, 0.25) is 0 Å². The summed E-state index contributed by atoms with van der Waals surface area (Å²) >= 11 is 0. The van der Waals surface area contributed by atoms with E-state index in [9.17, 15) is 0 Å². The molecule has 0 aliphatic heterocycles. The van der Waals surface area contributed by atoms with Crippen molar-refractivity contribution < 1.29 is 0 Å². The molecule has 0 aromatic rings. The van der Waals surface area contributed by atoms with Gasteiger partial charge in [0.1, 0.15) is 0 Å². The molecule has 0 aliphatic carbocycles. The van der Waals surface area contributed by atoms with E-state index in [1.54, 1.807) is 0 Å². The molecule has 0 fully saturated rings. The van der Waals surface area contributed by atoms with Crippen LogP contribution in [-0.2, 0) is 0 Å². The second-order valence-corrected chi connectivity index (χ2v) is 3.93. The zero-order chi connectivity index (χ0) is 19.9. The van der Waals surface area contributed by atoms with Crippen LogP contribution in [0.4, 0.5) is 0 Å². The Morgan fingerprint density at radius 1 is 0.667 bits per heavy atom. The van der Waals surface area contributed by atoms with Crippen LogP contribution in [0, 0.1) is 11.1 Å². The maximum atomic E-state index is 5.00. The largest absolute Gasteiger partial charge is 0.318 e. The lowest BCUT2D eigenvalue weighted by molar-refractivity contribution is 0.718. The van der Waals surface area contributed by atoms with Gasteiger partial charge in [0.15, 0.2) is 0 Å². The summed E-state index contributed by atoms with van der Waals surface area (Å²) in [4.78, 5) is 0. The van der Waals surface area contributed by atoms with E-state index in [-0.39, 0.29) is 0 Å². The van der Waals surface area contributed by atoms with Gasteiger partial charge in [-0.15, -0.1) is 0 Å². The van der Waals surface area contributed by atoms with Crippen LogP contribution in [0.25, 0.3) is 0 Å². The van der Waals surface area contributed by atoms with Gasteiger partial charge in [0.25, 0.3) is 0 Å².